The van der Waals surface area contributed by atoms with Gasteiger partial charge in [-0.05, 0) is 202 Å². The standard InChI is InChI=1S/C19H24O2Si.C17H26OSi.2C14H28OSi.C12H18OSi/c1-3-22(2,20-16-14-18-10-6-4-7-11-18)21-17-15-19-12-8-5-9-13-19;1-7-19(5,6)18-12-11-15(4)17-10-8-9-16(13-17)14(2)3;2*1-7-16(5,6)15-12-11-14(4)10-8-9-13(2)3;1-4-14(2,3)13-11-10-12-8-6-5-7-9-12/h3-13H,1,14-17H2,2H3;7-15H,1H2,2-6H3;2*7,9,14H,1,8,10-12H2,2-6H3;4-9H,1,10-11H2,2-3H3/b;12-11+;;;. The molecule has 0 saturated carbocycles. The third kappa shape index (κ3) is 45.4. The van der Waals surface area contributed by atoms with E-state index < -0.39 is 41.8 Å². The summed E-state index contributed by atoms with van der Waals surface area (Å²) in [7, 11) is -8.61. The summed E-state index contributed by atoms with van der Waals surface area (Å²) in [5, 5.41) is 0. The van der Waals surface area contributed by atoms with Crippen molar-refractivity contribution in [3.63, 3.8) is 0 Å². The number of hydrogen-bond acceptors (Lipinski definition) is 6. The molecule has 0 aliphatic carbocycles. The molecule has 0 heterocycles. The fourth-order valence-electron chi connectivity index (χ4n) is 7.79. The Morgan fingerprint density at radius 2 is 0.747 bits per heavy atom. The minimum atomic E-state index is -2.27. The van der Waals surface area contributed by atoms with Gasteiger partial charge >= 0.3 is 8.56 Å². The number of rotatable bonds is 36. The van der Waals surface area contributed by atoms with Gasteiger partial charge in [0, 0.05) is 39.0 Å². The van der Waals surface area contributed by atoms with E-state index in [4.69, 9.17) is 26.6 Å². The molecule has 4 rings (SSSR count). The largest absolute Gasteiger partial charge is 0.546 e. The molecule has 3 atom stereocenters. The summed E-state index contributed by atoms with van der Waals surface area (Å²) in [6.45, 7) is 62.4. The highest BCUT2D eigenvalue weighted by Gasteiger charge is 2.27. The van der Waals surface area contributed by atoms with Crippen molar-refractivity contribution >= 4 is 41.8 Å². The van der Waals surface area contributed by atoms with Gasteiger partial charge in [-0.2, -0.15) is 0 Å². The third-order valence-electron chi connectivity index (χ3n) is 14.7. The van der Waals surface area contributed by atoms with Gasteiger partial charge < -0.3 is 26.6 Å². The van der Waals surface area contributed by atoms with Crippen LogP contribution in [-0.2, 0) is 45.8 Å². The van der Waals surface area contributed by atoms with Gasteiger partial charge in [0.1, 0.15) is 0 Å². The van der Waals surface area contributed by atoms with E-state index in [0.717, 1.165) is 50.9 Å². The molecule has 4 aromatic carbocycles. The van der Waals surface area contributed by atoms with Crippen LogP contribution in [0.3, 0.4) is 0 Å². The first-order chi connectivity index (χ1) is 41.0. The predicted octanol–water partition coefficient (Wildman–Crippen LogP) is 22.3. The Kier molecular flexibility index (Phi) is 44.1. The first kappa shape index (κ1) is 82.5. The van der Waals surface area contributed by atoms with Crippen LogP contribution < -0.4 is 0 Å². The van der Waals surface area contributed by atoms with Crippen LogP contribution in [0.25, 0.3) is 0 Å². The molecule has 0 aromatic heterocycles. The second-order valence-electron chi connectivity index (χ2n) is 26.0. The van der Waals surface area contributed by atoms with E-state index in [2.05, 4.69) is 269 Å². The van der Waals surface area contributed by atoms with Crippen molar-refractivity contribution in [1.29, 1.82) is 0 Å². The van der Waals surface area contributed by atoms with Gasteiger partial charge in [0.25, 0.3) is 8.32 Å². The lowest BCUT2D eigenvalue weighted by Gasteiger charge is -2.23. The van der Waals surface area contributed by atoms with Crippen molar-refractivity contribution < 1.29 is 26.6 Å². The second kappa shape index (κ2) is 46.6. The third-order valence-corrected chi connectivity index (χ3v) is 24.5. The smallest absolute Gasteiger partial charge is 0.361 e. The van der Waals surface area contributed by atoms with Crippen molar-refractivity contribution in [2.24, 2.45) is 11.8 Å². The van der Waals surface area contributed by atoms with E-state index >= 15 is 0 Å². The molecular formula is C76H124O6Si5. The van der Waals surface area contributed by atoms with Crippen LogP contribution in [0.2, 0.25) is 58.9 Å². The average Bonchev–Trinajstić information content (AvgIpc) is 3.69. The van der Waals surface area contributed by atoms with E-state index in [1.165, 1.54) is 77.5 Å². The molecule has 11 heteroatoms. The maximum absolute atomic E-state index is 6.02. The van der Waals surface area contributed by atoms with Gasteiger partial charge in [0.05, 0.1) is 6.26 Å². The Bertz CT molecular complexity index is 2430. The van der Waals surface area contributed by atoms with Gasteiger partial charge in [-0.25, -0.2) is 0 Å². The molecule has 0 fully saturated rings. The van der Waals surface area contributed by atoms with Gasteiger partial charge in [-0.15, -0.1) is 32.9 Å². The van der Waals surface area contributed by atoms with E-state index in [-0.39, 0.29) is 0 Å². The number of allylic oxidation sites excluding steroid dienone is 5. The molecule has 3 unspecified atom stereocenters. The van der Waals surface area contributed by atoms with Crippen LogP contribution in [0.4, 0.5) is 0 Å². The molecule has 0 radical (unpaired) electrons. The lowest BCUT2D eigenvalue weighted by atomic mass is 9.95. The fraction of sp³-hybridized carbons (Fsp3) is 0.474. The molecule has 87 heavy (non-hydrogen) atoms. The Morgan fingerprint density at radius 3 is 1.08 bits per heavy atom. The highest BCUT2D eigenvalue weighted by atomic mass is 28.4. The zero-order chi connectivity index (χ0) is 65.8. The molecule has 4 aromatic rings. The highest BCUT2D eigenvalue weighted by Crippen LogP contribution is 2.23. The van der Waals surface area contributed by atoms with Crippen LogP contribution in [0.15, 0.2) is 212 Å². The van der Waals surface area contributed by atoms with Crippen LogP contribution in [0, 0.1) is 11.8 Å². The summed E-state index contributed by atoms with van der Waals surface area (Å²) >= 11 is 0. The summed E-state index contributed by atoms with van der Waals surface area (Å²) in [6.07, 6.45) is 18.7. The minimum Gasteiger partial charge on any atom is -0.546 e. The van der Waals surface area contributed by atoms with Crippen LogP contribution >= 0.6 is 0 Å². The zero-order valence-electron chi connectivity index (χ0n) is 58.4. The average molecular weight is 1270 g/mol. The molecule has 0 N–H and O–H groups in total. The van der Waals surface area contributed by atoms with Crippen molar-refractivity contribution in [3.8, 4) is 0 Å². The maximum Gasteiger partial charge on any atom is 0.361 e. The summed E-state index contributed by atoms with van der Waals surface area (Å²) in [5.41, 5.74) is 19.3. The second-order valence-corrected chi connectivity index (χ2v) is 44.5. The molecular weight excluding hydrogens is 1150 g/mol. The van der Waals surface area contributed by atoms with Gasteiger partial charge in [0.2, 0.25) is 25.0 Å². The quantitative estimate of drug-likeness (QED) is 0.0257. The van der Waals surface area contributed by atoms with Crippen LogP contribution in [-0.4, -0.2) is 74.9 Å². The molecule has 0 aliphatic heterocycles. The predicted molar refractivity (Wildman–Crippen MR) is 397 cm³/mol. The Morgan fingerprint density at radius 1 is 0.402 bits per heavy atom. The summed E-state index contributed by atoms with van der Waals surface area (Å²) in [5.74, 6) is 2.45. The van der Waals surface area contributed by atoms with Crippen molar-refractivity contribution in [1.82, 2.24) is 0 Å². The Hall–Kier alpha value is -4.52. The minimum absolute atomic E-state index is 0.369. The molecule has 0 aliphatic rings. The van der Waals surface area contributed by atoms with Gasteiger partial charge in [-0.1, -0.05) is 196 Å². The molecule has 0 spiro atoms. The van der Waals surface area contributed by atoms with Crippen molar-refractivity contribution in [2.75, 3.05) is 33.0 Å². The lowest BCUT2D eigenvalue weighted by molar-refractivity contribution is 0.187. The monoisotopic (exact) mass is 1270 g/mol. The van der Waals surface area contributed by atoms with Crippen LogP contribution in [0.5, 0.6) is 0 Å². The summed E-state index contributed by atoms with van der Waals surface area (Å²) in [6, 6.07) is 39.9. The van der Waals surface area contributed by atoms with E-state index in [1.54, 1.807) is 0 Å². The van der Waals surface area contributed by atoms with Crippen molar-refractivity contribution in [3.05, 3.63) is 240 Å². The van der Waals surface area contributed by atoms with Gasteiger partial charge in [-0.3, -0.25) is 0 Å². The first-order valence-corrected chi connectivity index (χ1v) is 46.5. The topological polar surface area (TPSA) is 55.4 Å². The SMILES string of the molecule is C=C[Si](C)(C)O/C=C/C(C)c1cccc(C(C)C)c1.C=C[Si](C)(C)OCCC(C)CCC=C(C)C.C=C[Si](C)(C)OCCC(C)CCC=C(C)C.C=C[Si](C)(C)OCCc1ccccc1.C=C[Si](C)(OCCc1ccccc1)OCCc1ccccc1. The zero-order valence-corrected chi connectivity index (χ0v) is 63.4. The Labute approximate surface area is 540 Å². The molecule has 484 valence electrons. The summed E-state index contributed by atoms with van der Waals surface area (Å²) in [4.78, 5) is 0. The van der Waals surface area contributed by atoms with E-state index in [1.807, 2.05) is 53.0 Å². The normalized spacial score (nSPS) is 12.6. The fourth-order valence-corrected chi connectivity index (χ4v) is 11.9. The first-order valence-electron chi connectivity index (χ1n) is 32.2. The molecule has 0 amide bonds. The van der Waals surface area contributed by atoms with Gasteiger partial charge in [0.15, 0.2) is 0 Å². The molecule has 0 bridgehead atoms. The van der Waals surface area contributed by atoms with Crippen LogP contribution in [0.1, 0.15) is 140 Å². The van der Waals surface area contributed by atoms with E-state index in [0.29, 0.717) is 25.0 Å². The highest BCUT2D eigenvalue weighted by molar-refractivity contribution is 6.77. The lowest BCUT2D eigenvalue weighted by Crippen LogP contribution is -2.38. The number of hydrogen-bond donors (Lipinski definition) is 0. The summed E-state index contributed by atoms with van der Waals surface area (Å²) < 4.78 is 35.4. The molecule has 6 nitrogen and oxygen atoms in total. The Balaban J connectivity index is 0.00000107. The van der Waals surface area contributed by atoms with E-state index in [9.17, 15) is 0 Å². The molecule has 0 saturated heterocycles. The maximum atomic E-state index is 6.02. The van der Waals surface area contributed by atoms with Crippen molar-refractivity contribution in [2.45, 2.75) is 191 Å². The number of benzene rings is 4.